The fraction of sp³-hybridized carbons (Fsp3) is 0.333. The average Bonchev–Trinajstić information content (AvgIpc) is 2.84. The number of halogens is 2. The van der Waals surface area contributed by atoms with Gasteiger partial charge in [0.1, 0.15) is 11.6 Å². The lowest BCUT2D eigenvalue weighted by atomic mass is 10.2. The molecule has 0 aliphatic carbocycles. The minimum absolute atomic E-state index is 0.145. The highest BCUT2D eigenvalue weighted by Crippen LogP contribution is 2.27. The molecular formula is C15H17Cl2N3O2. The minimum Gasteiger partial charge on any atom is -0.482 e. The summed E-state index contributed by atoms with van der Waals surface area (Å²) in [5, 5.41) is 7.82. The first kappa shape index (κ1) is 16.6. The van der Waals surface area contributed by atoms with Crippen LogP contribution in [0.3, 0.4) is 0 Å². The standard InChI is InChI=1S/C15H17Cl2N3O2/c1-10(2)8-20-14(5-6-18-20)19-15(21)9-22-13-4-3-11(16)7-12(13)17/h3-7,10H,8-9H2,1-2H3,(H,19,21). The summed E-state index contributed by atoms with van der Waals surface area (Å²) in [5.41, 5.74) is 0. The first-order valence-electron chi connectivity index (χ1n) is 6.85. The van der Waals surface area contributed by atoms with Gasteiger partial charge in [-0.25, -0.2) is 4.68 Å². The van der Waals surface area contributed by atoms with E-state index in [0.717, 1.165) is 6.54 Å². The number of amides is 1. The molecule has 2 aromatic rings. The van der Waals surface area contributed by atoms with E-state index in [9.17, 15) is 4.79 Å². The Hall–Kier alpha value is -1.72. The SMILES string of the molecule is CC(C)Cn1nccc1NC(=O)COc1ccc(Cl)cc1Cl. The van der Waals surface area contributed by atoms with Gasteiger partial charge in [0.2, 0.25) is 0 Å². The fourth-order valence-electron chi connectivity index (χ4n) is 1.84. The Bertz CT molecular complexity index is 656. The van der Waals surface area contributed by atoms with Crippen LogP contribution in [0.5, 0.6) is 5.75 Å². The largest absolute Gasteiger partial charge is 0.482 e. The maximum Gasteiger partial charge on any atom is 0.263 e. The lowest BCUT2D eigenvalue weighted by Gasteiger charge is -2.12. The zero-order valence-corrected chi connectivity index (χ0v) is 13.9. The molecule has 0 bridgehead atoms. The molecule has 22 heavy (non-hydrogen) atoms. The number of hydrogen-bond acceptors (Lipinski definition) is 3. The molecule has 0 saturated carbocycles. The summed E-state index contributed by atoms with van der Waals surface area (Å²) in [6.07, 6.45) is 1.65. The molecule has 0 unspecified atom stereocenters. The molecule has 2 rings (SSSR count). The van der Waals surface area contributed by atoms with Crippen molar-refractivity contribution in [3.8, 4) is 5.75 Å². The van der Waals surface area contributed by atoms with Crippen LogP contribution in [0.4, 0.5) is 5.82 Å². The van der Waals surface area contributed by atoms with Crippen LogP contribution >= 0.6 is 23.2 Å². The first-order chi connectivity index (χ1) is 10.5. The summed E-state index contributed by atoms with van der Waals surface area (Å²) < 4.78 is 7.14. The van der Waals surface area contributed by atoms with Gasteiger partial charge < -0.3 is 10.1 Å². The number of nitrogens with one attached hydrogen (secondary N) is 1. The summed E-state index contributed by atoms with van der Waals surface area (Å²) in [4.78, 5) is 12.0. The van der Waals surface area contributed by atoms with E-state index in [1.165, 1.54) is 0 Å². The summed E-state index contributed by atoms with van der Waals surface area (Å²) in [5.74, 6) is 1.21. The van der Waals surface area contributed by atoms with Crippen molar-refractivity contribution in [2.45, 2.75) is 20.4 Å². The zero-order valence-electron chi connectivity index (χ0n) is 12.3. The second-order valence-corrected chi connectivity index (χ2v) is 6.05. The quantitative estimate of drug-likeness (QED) is 0.867. The van der Waals surface area contributed by atoms with E-state index in [2.05, 4.69) is 24.3 Å². The van der Waals surface area contributed by atoms with Gasteiger partial charge in [0, 0.05) is 17.6 Å². The maximum atomic E-state index is 12.0. The Morgan fingerprint density at radius 1 is 1.36 bits per heavy atom. The zero-order chi connectivity index (χ0) is 16.1. The Labute approximate surface area is 139 Å². The molecule has 0 radical (unpaired) electrons. The molecule has 1 aromatic heterocycles. The van der Waals surface area contributed by atoms with Gasteiger partial charge >= 0.3 is 0 Å². The van der Waals surface area contributed by atoms with Crippen LogP contribution in [0.25, 0.3) is 0 Å². The number of ether oxygens (including phenoxy) is 1. The van der Waals surface area contributed by atoms with E-state index < -0.39 is 0 Å². The number of carbonyl (C=O) groups is 1. The Morgan fingerprint density at radius 3 is 2.82 bits per heavy atom. The van der Waals surface area contributed by atoms with E-state index in [0.29, 0.717) is 27.5 Å². The molecule has 1 N–H and O–H groups in total. The average molecular weight is 342 g/mol. The summed E-state index contributed by atoms with van der Waals surface area (Å²) in [6.45, 7) is 4.75. The van der Waals surface area contributed by atoms with Crippen molar-refractivity contribution >= 4 is 34.9 Å². The summed E-state index contributed by atoms with van der Waals surface area (Å²) >= 11 is 11.8. The highest BCUT2D eigenvalue weighted by atomic mass is 35.5. The number of anilines is 1. The van der Waals surface area contributed by atoms with E-state index in [1.54, 1.807) is 35.1 Å². The van der Waals surface area contributed by atoms with Gasteiger partial charge in [-0.3, -0.25) is 4.79 Å². The van der Waals surface area contributed by atoms with Crippen LogP contribution in [0.2, 0.25) is 10.0 Å². The highest BCUT2D eigenvalue weighted by Gasteiger charge is 2.10. The number of hydrogen-bond donors (Lipinski definition) is 1. The molecular weight excluding hydrogens is 325 g/mol. The lowest BCUT2D eigenvalue weighted by molar-refractivity contribution is -0.118. The van der Waals surface area contributed by atoms with Crippen LogP contribution in [-0.4, -0.2) is 22.3 Å². The third-order valence-corrected chi connectivity index (χ3v) is 3.31. The summed E-state index contributed by atoms with van der Waals surface area (Å²) in [7, 11) is 0. The van der Waals surface area contributed by atoms with Gasteiger partial charge in [0.25, 0.3) is 5.91 Å². The van der Waals surface area contributed by atoms with Crippen LogP contribution in [0, 0.1) is 5.92 Å². The monoisotopic (exact) mass is 341 g/mol. The van der Waals surface area contributed by atoms with Gasteiger partial charge in [-0.1, -0.05) is 37.0 Å². The molecule has 0 aliphatic heterocycles. The molecule has 0 spiro atoms. The predicted molar refractivity (Wildman–Crippen MR) is 87.7 cm³/mol. The first-order valence-corrected chi connectivity index (χ1v) is 7.61. The number of benzene rings is 1. The third kappa shape index (κ3) is 4.64. The van der Waals surface area contributed by atoms with E-state index in [-0.39, 0.29) is 12.5 Å². The molecule has 5 nitrogen and oxygen atoms in total. The Kier molecular flexibility index (Phi) is 5.69. The molecule has 0 aliphatic rings. The van der Waals surface area contributed by atoms with E-state index >= 15 is 0 Å². The van der Waals surface area contributed by atoms with Crippen molar-refractivity contribution < 1.29 is 9.53 Å². The molecule has 1 heterocycles. The normalized spacial score (nSPS) is 10.8. The number of aromatic nitrogens is 2. The van der Waals surface area contributed by atoms with Crippen molar-refractivity contribution in [1.82, 2.24) is 9.78 Å². The van der Waals surface area contributed by atoms with E-state index in [1.807, 2.05) is 0 Å². The van der Waals surface area contributed by atoms with E-state index in [4.69, 9.17) is 27.9 Å². The van der Waals surface area contributed by atoms with Gasteiger partial charge in [0.05, 0.1) is 11.2 Å². The predicted octanol–water partition coefficient (Wildman–Crippen LogP) is 3.86. The number of carbonyl (C=O) groups excluding carboxylic acids is 1. The molecule has 118 valence electrons. The topological polar surface area (TPSA) is 56.2 Å². The molecule has 7 heteroatoms. The highest BCUT2D eigenvalue weighted by molar-refractivity contribution is 6.35. The number of rotatable bonds is 6. The fourth-order valence-corrected chi connectivity index (χ4v) is 2.31. The van der Waals surface area contributed by atoms with Crippen LogP contribution < -0.4 is 10.1 Å². The molecule has 0 atom stereocenters. The van der Waals surface area contributed by atoms with Gasteiger partial charge in [0.15, 0.2) is 6.61 Å². The second kappa shape index (κ2) is 7.51. The Balaban J connectivity index is 1.92. The van der Waals surface area contributed by atoms with Crippen molar-refractivity contribution in [3.63, 3.8) is 0 Å². The van der Waals surface area contributed by atoms with Crippen LogP contribution in [-0.2, 0) is 11.3 Å². The van der Waals surface area contributed by atoms with Crippen molar-refractivity contribution in [2.24, 2.45) is 5.92 Å². The maximum absolute atomic E-state index is 12.0. The lowest BCUT2D eigenvalue weighted by Crippen LogP contribution is -2.22. The van der Waals surface area contributed by atoms with Crippen LogP contribution in [0.15, 0.2) is 30.5 Å². The minimum atomic E-state index is -0.281. The summed E-state index contributed by atoms with van der Waals surface area (Å²) in [6, 6.07) is 6.59. The third-order valence-electron chi connectivity index (χ3n) is 2.77. The van der Waals surface area contributed by atoms with Crippen molar-refractivity contribution in [3.05, 3.63) is 40.5 Å². The van der Waals surface area contributed by atoms with Crippen molar-refractivity contribution in [2.75, 3.05) is 11.9 Å². The van der Waals surface area contributed by atoms with Gasteiger partial charge in [-0.05, 0) is 24.1 Å². The van der Waals surface area contributed by atoms with Gasteiger partial charge in [-0.15, -0.1) is 0 Å². The van der Waals surface area contributed by atoms with Crippen molar-refractivity contribution in [1.29, 1.82) is 0 Å². The molecule has 1 amide bonds. The second-order valence-electron chi connectivity index (χ2n) is 5.20. The molecule has 0 fully saturated rings. The molecule has 0 saturated heterocycles. The molecule has 1 aromatic carbocycles. The van der Waals surface area contributed by atoms with Gasteiger partial charge in [-0.2, -0.15) is 5.10 Å². The smallest absolute Gasteiger partial charge is 0.263 e. The Morgan fingerprint density at radius 2 is 2.14 bits per heavy atom. The number of nitrogens with zero attached hydrogens (tertiary/aromatic N) is 2. The van der Waals surface area contributed by atoms with Crippen LogP contribution in [0.1, 0.15) is 13.8 Å².